The Morgan fingerprint density at radius 3 is 2.83 bits per heavy atom. The predicted molar refractivity (Wildman–Crippen MR) is 89.6 cm³/mol. The lowest BCUT2D eigenvalue weighted by Crippen LogP contribution is -2.42. The Kier molecular flexibility index (Phi) is 4.07. The van der Waals surface area contributed by atoms with Crippen LogP contribution in [0.3, 0.4) is 0 Å². The minimum atomic E-state index is 0.0205. The fourth-order valence-electron chi connectivity index (χ4n) is 3.17. The van der Waals surface area contributed by atoms with Crippen molar-refractivity contribution in [3.63, 3.8) is 0 Å². The van der Waals surface area contributed by atoms with Gasteiger partial charge in [-0.1, -0.05) is 6.92 Å². The molecule has 1 aliphatic heterocycles. The van der Waals surface area contributed by atoms with E-state index in [0.717, 1.165) is 18.7 Å². The molecule has 0 saturated carbocycles. The van der Waals surface area contributed by atoms with Gasteiger partial charge in [-0.15, -0.1) is 0 Å². The highest BCUT2D eigenvalue weighted by molar-refractivity contribution is 5.95. The highest BCUT2D eigenvalue weighted by Gasteiger charge is 2.31. The molecule has 6 nitrogen and oxygen atoms in total. The van der Waals surface area contributed by atoms with Crippen molar-refractivity contribution >= 4 is 11.9 Å². The van der Waals surface area contributed by atoms with Gasteiger partial charge in [0, 0.05) is 45.3 Å². The van der Waals surface area contributed by atoms with E-state index in [2.05, 4.69) is 33.7 Å². The van der Waals surface area contributed by atoms with Crippen LogP contribution in [0.5, 0.6) is 0 Å². The minimum Gasteiger partial charge on any atom is -0.348 e. The molecule has 3 heterocycles. The van der Waals surface area contributed by atoms with Crippen LogP contribution in [0.25, 0.3) is 0 Å². The summed E-state index contributed by atoms with van der Waals surface area (Å²) in [6, 6.07) is 4.26. The lowest BCUT2D eigenvalue weighted by molar-refractivity contribution is 0.0616. The molecule has 2 aromatic rings. The van der Waals surface area contributed by atoms with E-state index >= 15 is 0 Å². The third kappa shape index (κ3) is 2.69. The maximum Gasteiger partial charge on any atom is 0.257 e. The van der Waals surface area contributed by atoms with Crippen molar-refractivity contribution in [2.24, 2.45) is 0 Å². The maximum atomic E-state index is 13.0. The summed E-state index contributed by atoms with van der Waals surface area (Å²) in [6.45, 7) is 5.54. The van der Waals surface area contributed by atoms with Crippen LogP contribution in [-0.2, 0) is 6.54 Å². The van der Waals surface area contributed by atoms with Crippen molar-refractivity contribution in [2.75, 3.05) is 25.5 Å². The van der Waals surface area contributed by atoms with E-state index in [1.807, 2.05) is 36.9 Å². The van der Waals surface area contributed by atoms with Gasteiger partial charge in [0.25, 0.3) is 5.91 Å². The smallest absolute Gasteiger partial charge is 0.257 e. The Bertz CT molecular complexity index is 722. The number of hydrogen-bond donors (Lipinski definition) is 0. The Morgan fingerprint density at radius 1 is 1.39 bits per heavy atom. The Hall–Kier alpha value is -2.37. The topological polar surface area (TPSA) is 54.3 Å². The highest BCUT2D eigenvalue weighted by atomic mass is 16.2. The van der Waals surface area contributed by atoms with Crippen LogP contribution in [0.1, 0.15) is 41.1 Å². The van der Waals surface area contributed by atoms with E-state index in [1.165, 1.54) is 5.69 Å². The van der Waals surface area contributed by atoms with Crippen molar-refractivity contribution in [3.05, 3.63) is 41.5 Å². The maximum absolute atomic E-state index is 13.0. The summed E-state index contributed by atoms with van der Waals surface area (Å²) >= 11 is 0. The molecular formula is C17H23N5O. The molecule has 1 unspecified atom stereocenters. The van der Waals surface area contributed by atoms with Gasteiger partial charge in [0.05, 0.1) is 17.3 Å². The first-order valence-corrected chi connectivity index (χ1v) is 8.00. The van der Waals surface area contributed by atoms with Crippen molar-refractivity contribution in [1.82, 2.24) is 19.4 Å². The van der Waals surface area contributed by atoms with Crippen LogP contribution < -0.4 is 4.90 Å². The van der Waals surface area contributed by atoms with Crippen LogP contribution in [0, 0.1) is 6.92 Å². The molecule has 0 aliphatic carbocycles. The fraction of sp³-hybridized carbons (Fsp3) is 0.471. The minimum absolute atomic E-state index is 0.0205. The quantitative estimate of drug-likeness (QED) is 0.872. The molecule has 3 rings (SSSR count). The average Bonchev–Trinajstić information content (AvgIpc) is 3.01. The summed E-state index contributed by atoms with van der Waals surface area (Å²) in [4.78, 5) is 25.6. The molecule has 122 valence electrons. The van der Waals surface area contributed by atoms with Gasteiger partial charge in [0.2, 0.25) is 5.95 Å². The molecule has 2 aromatic heterocycles. The molecule has 0 bridgehead atoms. The Balaban J connectivity index is 1.91. The van der Waals surface area contributed by atoms with Crippen LogP contribution in [0.15, 0.2) is 24.5 Å². The molecule has 1 atom stereocenters. The zero-order valence-corrected chi connectivity index (χ0v) is 14.2. The van der Waals surface area contributed by atoms with Crippen molar-refractivity contribution in [3.8, 4) is 0 Å². The van der Waals surface area contributed by atoms with E-state index in [-0.39, 0.29) is 11.9 Å². The van der Waals surface area contributed by atoms with Crippen LogP contribution >= 0.6 is 0 Å². The van der Waals surface area contributed by atoms with Crippen LogP contribution in [-0.4, -0.2) is 46.0 Å². The van der Waals surface area contributed by atoms with Gasteiger partial charge >= 0.3 is 0 Å². The fourth-order valence-corrected chi connectivity index (χ4v) is 3.17. The normalized spacial score (nSPS) is 17.0. The lowest BCUT2D eigenvalue weighted by Gasteiger charge is -2.36. The number of amides is 1. The van der Waals surface area contributed by atoms with Gasteiger partial charge in [-0.25, -0.2) is 9.97 Å². The molecule has 0 radical (unpaired) electrons. The summed E-state index contributed by atoms with van der Waals surface area (Å²) in [5, 5.41) is 0. The number of hydrogen-bond acceptors (Lipinski definition) is 4. The number of carbonyl (C=O) groups excluding carboxylic acids is 1. The van der Waals surface area contributed by atoms with Gasteiger partial charge in [-0.05, 0) is 25.5 Å². The first kappa shape index (κ1) is 15.5. The number of aromatic nitrogens is 3. The monoisotopic (exact) mass is 313 g/mol. The van der Waals surface area contributed by atoms with E-state index in [4.69, 9.17) is 0 Å². The molecule has 0 spiro atoms. The summed E-state index contributed by atoms with van der Waals surface area (Å²) in [5.41, 5.74) is 2.52. The zero-order chi connectivity index (χ0) is 16.6. The molecule has 0 N–H and O–H groups in total. The molecular weight excluding hydrogens is 290 g/mol. The predicted octanol–water partition coefficient (Wildman–Crippen LogP) is 2.26. The molecule has 6 heteroatoms. The molecule has 23 heavy (non-hydrogen) atoms. The molecule has 0 fully saturated rings. The van der Waals surface area contributed by atoms with Gasteiger partial charge in [0.1, 0.15) is 0 Å². The molecule has 0 aromatic carbocycles. The van der Waals surface area contributed by atoms with Crippen molar-refractivity contribution in [2.45, 2.75) is 32.9 Å². The van der Waals surface area contributed by atoms with E-state index in [9.17, 15) is 4.79 Å². The second-order valence-corrected chi connectivity index (χ2v) is 6.11. The van der Waals surface area contributed by atoms with Crippen molar-refractivity contribution in [1.29, 1.82) is 0 Å². The Labute approximate surface area is 136 Å². The largest absolute Gasteiger partial charge is 0.348 e. The van der Waals surface area contributed by atoms with Gasteiger partial charge in [-0.2, -0.15) is 0 Å². The summed E-state index contributed by atoms with van der Waals surface area (Å²) in [5.74, 6) is 0.644. The van der Waals surface area contributed by atoms with E-state index < -0.39 is 0 Å². The molecule has 0 saturated heterocycles. The number of fused-ring (bicyclic) bond motifs is 1. The van der Waals surface area contributed by atoms with Crippen LogP contribution in [0.4, 0.5) is 5.95 Å². The highest BCUT2D eigenvalue weighted by Crippen LogP contribution is 2.30. The molecule has 1 aliphatic rings. The number of rotatable bonds is 3. The lowest BCUT2D eigenvalue weighted by atomic mass is 10.0. The first-order valence-electron chi connectivity index (χ1n) is 8.00. The van der Waals surface area contributed by atoms with Gasteiger partial charge in [-0.3, -0.25) is 4.79 Å². The Morgan fingerprint density at radius 2 is 2.17 bits per heavy atom. The van der Waals surface area contributed by atoms with E-state index in [0.29, 0.717) is 18.1 Å². The zero-order valence-electron chi connectivity index (χ0n) is 14.2. The number of anilines is 1. The first-order chi connectivity index (χ1) is 11.0. The van der Waals surface area contributed by atoms with E-state index in [1.54, 1.807) is 6.20 Å². The van der Waals surface area contributed by atoms with Gasteiger partial charge < -0.3 is 14.4 Å². The SMILES string of the molecule is CCC1c2cccn2CCN1C(=O)c1cnc(N(C)C)nc1C. The summed E-state index contributed by atoms with van der Waals surface area (Å²) in [7, 11) is 3.78. The third-order valence-corrected chi connectivity index (χ3v) is 4.41. The van der Waals surface area contributed by atoms with Gasteiger partial charge in [0.15, 0.2) is 0 Å². The number of carbonyl (C=O) groups is 1. The van der Waals surface area contributed by atoms with Crippen molar-refractivity contribution < 1.29 is 4.79 Å². The molecule has 1 amide bonds. The summed E-state index contributed by atoms with van der Waals surface area (Å²) in [6.07, 6.45) is 4.63. The standard InChI is InChI=1S/C17H23N5O/c1-5-14-15-7-6-8-21(15)9-10-22(14)16(23)13-11-18-17(20(3)4)19-12(13)2/h6-8,11,14H,5,9-10H2,1-4H3. The summed E-state index contributed by atoms with van der Waals surface area (Å²) < 4.78 is 2.23. The second kappa shape index (κ2) is 6.02. The second-order valence-electron chi connectivity index (χ2n) is 6.11. The number of nitrogens with zero attached hydrogens (tertiary/aromatic N) is 5. The number of aryl methyl sites for hydroxylation is 1. The van der Waals surface area contributed by atoms with Crippen LogP contribution in [0.2, 0.25) is 0 Å². The average molecular weight is 313 g/mol. The third-order valence-electron chi connectivity index (χ3n) is 4.41.